The summed E-state index contributed by atoms with van der Waals surface area (Å²) >= 11 is 0. The molecule has 0 radical (unpaired) electrons. The summed E-state index contributed by atoms with van der Waals surface area (Å²) in [6.07, 6.45) is 1.21. The van der Waals surface area contributed by atoms with Crippen molar-refractivity contribution in [1.29, 1.82) is 0 Å². The molecule has 4 rings (SSSR count). The van der Waals surface area contributed by atoms with E-state index in [0.29, 0.717) is 32.2 Å². The number of rotatable bonds is 9. The largest absolute Gasteiger partial charge is 0.444 e. The molecular weight excluding hydrogens is 610 g/mol. The number of likely N-dealkylation sites (N-methyl/N-ethyl adjacent to an activating group) is 1. The average Bonchev–Trinajstić information content (AvgIpc) is 3.46. The maximum Gasteiger partial charge on any atom is 0.410 e. The monoisotopic (exact) mass is 661 g/mol. The van der Waals surface area contributed by atoms with E-state index < -0.39 is 47.7 Å². The Labute approximate surface area is 284 Å². The van der Waals surface area contributed by atoms with Gasteiger partial charge in [-0.05, 0) is 64.0 Å². The molecule has 0 unspecified atom stereocenters. The zero-order valence-electron chi connectivity index (χ0n) is 29.3. The molecule has 0 saturated carbocycles. The summed E-state index contributed by atoms with van der Waals surface area (Å²) in [5, 5.41) is 6.04. The second-order valence-corrected chi connectivity index (χ2v) is 14.3. The van der Waals surface area contributed by atoms with Crippen molar-refractivity contribution >= 4 is 29.7 Å². The first-order chi connectivity index (χ1) is 22.7. The fourth-order valence-corrected chi connectivity index (χ4v) is 6.29. The molecule has 2 aliphatic heterocycles. The Morgan fingerprint density at radius 3 is 2.04 bits per heavy atom. The van der Waals surface area contributed by atoms with E-state index in [2.05, 4.69) is 10.6 Å². The first-order valence-corrected chi connectivity index (χ1v) is 16.9. The molecule has 260 valence electrons. The highest BCUT2D eigenvalue weighted by Gasteiger charge is 2.46. The molecule has 48 heavy (non-hydrogen) atoms. The molecule has 0 spiro atoms. The van der Waals surface area contributed by atoms with E-state index in [-0.39, 0.29) is 30.3 Å². The Bertz CT molecular complexity index is 1400. The van der Waals surface area contributed by atoms with Crippen molar-refractivity contribution in [2.75, 3.05) is 20.1 Å². The predicted octanol–water partition coefficient (Wildman–Crippen LogP) is 4.27. The van der Waals surface area contributed by atoms with Crippen LogP contribution in [0.1, 0.15) is 84.4 Å². The van der Waals surface area contributed by atoms with Crippen molar-refractivity contribution < 1.29 is 28.7 Å². The third kappa shape index (κ3) is 9.14. The molecular formula is C37H51N5O6. The zero-order chi connectivity index (χ0) is 35.2. The summed E-state index contributed by atoms with van der Waals surface area (Å²) in [6.45, 7) is 11.0. The van der Waals surface area contributed by atoms with E-state index in [1.807, 2.05) is 74.5 Å². The first-order valence-electron chi connectivity index (χ1n) is 16.9. The number of hydrogen-bond acceptors (Lipinski definition) is 6. The third-order valence-corrected chi connectivity index (χ3v) is 8.94. The number of hydrogen-bond donors (Lipinski definition) is 2. The van der Waals surface area contributed by atoms with Crippen LogP contribution in [0.2, 0.25) is 0 Å². The quantitative estimate of drug-likeness (QED) is 0.413. The second kappa shape index (κ2) is 15.7. The predicted molar refractivity (Wildman–Crippen MR) is 183 cm³/mol. The van der Waals surface area contributed by atoms with Crippen molar-refractivity contribution in [2.24, 2.45) is 5.92 Å². The molecule has 2 fully saturated rings. The van der Waals surface area contributed by atoms with E-state index in [4.69, 9.17) is 4.74 Å². The lowest BCUT2D eigenvalue weighted by molar-refractivity contribution is -0.147. The van der Waals surface area contributed by atoms with Crippen molar-refractivity contribution in [3.05, 3.63) is 71.8 Å². The smallest absolute Gasteiger partial charge is 0.410 e. The number of carbonyl (C=O) groups excluding carboxylic acids is 5. The van der Waals surface area contributed by atoms with Crippen LogP contribution in [-0.2, 0) is 23.9 Å². The Hall–Kier alpha value is -4.41. The van der Waals surface area contributed by atoms with Crippen molar-refractivity contribution in [2.45, 2.75) is 103 Å². The lowest BCUT2D eigenvalue weighted by Crippen LogP contribution is -2.62. The highest BCUT2D eigenvalue weighted by Crippen LogP contribution is 2.31. The number of ether oxygens (including phenoxy) is 1. The number of nitrogens with one attached hydrogen (secondary N) is 2. The van der Waals surface area contributed by atoms with Crippen LogP contribution in [0.5, 0.6) is 0 Å². The molecule has 4 atom stereocenters. The van der Waals surface area contributed by atoms with Crippen LogP contribution in [0.15, 0.2) is 60.7 Å². The molecule has 2 aromatic rings. The Balaban J connectivity index is 1.59. The van der Waals surface area contributed by atoms with E-state index in [0.717, 1.165) is 11.1 Å². The fraction of sp³-hybridized carbons (Fsp3) is 0.541. The maximum atomic E-state index is 14.4. The molecule has 11 heteroatoms. The normalized spacial score (nSPS) is 20.4. The van der Waals surface area contributed by atoms with Gasteiger partial charge in [-0.25, -0.2) is 4.79 Å². The lowest BCUT2D eigenvalue weighted by Gasteiger charge is -2.39. The molecule has 2 aliphatic rings. The van der Waals surface area contributed by atoms with Crippen LogP contribution in [0.4, 0.5) is 4.79 Å². The van der Waals surface area contributed by atoms with E-state index in [1.165, 1.54) is 11.9 Å². The number of fused-ring (bicyclic) bond motifs is 1. The fourth-order valence-electron chi connectivity index (χ4n) is 6.29. The number of nitrogens with zero attached hydrogens (tertiary/aromatic N) is 3. The van der Waals surface area contributed by atoms with Crippen LogP contribution in [0, 0.1) is 5.92 Å². The van der Waals surface area contributed by atoms with Gasteiger partial charge >= 0.3 is 6.09 Å². The second-order valence-electron chi connectivity index (χ2n) is 14.3. The first kappa shape index (κ1) is 36.4. The third-order valence-electron chi connectivity index (χ3n) is 8.94. The van der Waals surface area contributed by atoms with Crippen LogP contribution in [0.25, 0.3) is 0 Å². The average molecular weight is 662 g/mol. The summed E-state index contributed by atoms with van der Waals surface area (Å²) in [5.74, 6) is -1.24. The SMILES string of the molecule is CC(C)CC(=O)N1CC[C@H]2CC[C@@H](C(=O)NC(c3ccccc3)c3ccccc3)N2C(=O)[C@@H](NC(=O)[C@@H](C)N(C)C(=O)OC(C)(C)C)C1. The number of benzene rings is 2. The van der Waals surface area contributed by atoms with Gasteiger partial charge in [0.2, 0.25) is 23.6 Å². The Kier molecular flexibility index (Phi) is 11.9. The van der Waals surface area contributed by atoms with Gasteiger partial charge in [0.05, 0.1) is 6.04 Å². The molecule has 2 N–H and O–H groups in total. The molecule has 2 saturated heterocycles. The van der Waals surface area contributed by atoms with Gasteiger partial charge in [-0.1, -0.05) is 74.5 Å². The van der Waals surface area contributed by atoms with Gasteiger partial charge < -0.3 is 25.2 Å². The van der Waals surface area contributed by atoms with Gasteiger partial charge in [0.25, 0.3) is 0 Å². The molecule has 2 aromatic carbocycles. The van der Waals surface area contributed by atoms with Crippen LogP contribution in [0.3, 0.4) is 0 Å². The highest BCUT2D eigenvalue weighted by molar-refractivity contribution is 5.95. The van der Waals surface area contributed by atoms with Crippen LogP contribution in [-0.4, -0.2) is 94.3 Å². The Morgan fingerprint density at radius 2 is 1.50 bits per heavy atom. The number of carbonyl (C=O) groups is 5. The molecule has 0 aromatic heterocycles. The van der Waals surface area contributed by atoms with E-state index in [9.17, 15) is 24.0 Å². The van der Waals surface area contributed by atoms with E-state index >= 15 is 0 Å². The standard InChI is InChI=1S/C37H51N5O6/c1-24(2)22-31(43)41-21-20-28-18-19-30(34(45)39-32(26-14-10-8-11-15-26)27-16-12-9-13-17-27)42(28)35(46)29(23-41)38-33(44)25(3)40(7)36(47)48-37(4,5)6/h8-17,24-25,28-30,32H,18-23H2,1-7H3,(H,38,44)(H,39,45)/t25-,28-,29+,30+/m1/s1. The van der Waals surface area contributed by atoms with Gasteiger partial charge in [-0.3, -0.25) is 24.1 Å². The molecule has 0 aliphatic carbocycles. The van der Waals surface area contributed by atoms with E-state index in [1.54, 1.807) is 37.5 Å². The lowest BCUT2D eigenvalue weighted by atomic mass is 9.98. The van der Waals surface area contributed by atoms with Crippen molar-refractivity contribution in [3.63, 3.8) is 0 Å². The van der Waals surface area contributed by atoms with Gasteiger partial charge in [0.15, 0.2) is 0 Å². The summed E-state index contributed by atoms with van der Waals surface area (Å²) in [7, 11) is 1.46. The van der Waals surface area contributed by atoms with Crippen molar-refractivity contribution in [1.82, 2.24) is 25.3 Å². The van der Waals surface area contributed by atoms with Crippen molar-refractivity contribution in [3.8, 4) is 0 Å². The van der Waals surface area contributed by atoms with Gasteiger partial charge in [0, 0.05) is 32.6 Å². The minimum Gasteiger partial charge on any atom is -0.444 e. The van der Waals surface area contributed by atoms with Gasteiger partial charge in [0.1, 0.15) is 23.7 Å². The molecule has 0 bridgehead atoms. The Morgan fingerprint density at radius 1 is 0.917 bits per heavy atom. The topological polar surface area (TPSA) is 128 Å². The summed E-state index contributed by atoms with van der Waals surface area (Å²) in [6, 6.07) is 15.8. The summed E-state index contributed by atoms with van der Waals surface area (Å²) < 4.78 is 5.43. The highest BCUT2D eigenvalue weighted by atomic mass is 16.6. The minimum atomic E-state index is -1.11. The molecule has 11 nitrogen and oxygen atoms in total. The summed E-state index contributed by atoms with van der Waals surface area (Å²) in [4.78, 5) is 72.6. The van der Waals surface area contributed by atoms with Crippen LogP contribution < -0.4 is 10.6 Å². The molecule has 5 amide bonds. The van der Waals surface area contributed by atoms with Gasteiger partial charge in [-0.2, -0.15) is 0 Å². The van der Waals surface area contributed by atoms with Gasteiger partial charge in [-0.15, -0.1) is 0 Å². The van der Waals surface area contributed by atoms with Crippen LogP contribution >= 0.6 is 0 Å². The maximum absolute atomic E-state index is 14.4. The minimum absolute atomic E-state index is 0.0345. The number of amides is 5. The molecule has 2 heterocycles. The zero-order valence-corrected chi connectivity index (χ0v) is 29.3. The summed E-state index contributed by atoms with van der Waals surface area (Å²) in [5.41, 5.74) is 1.07.